The topological polar surface area (TPSA) is 90.1 Å². The molecule has 0 spiro atoms. The van der Waals surface area contributed by atoms with Crippen LogP contribution in [0.3, 0.4) is 0 Å². The van der Waals surface area contributed by atoms with Crippen molar-refractivity contribution < 1.29 is 9.53 Å². The summed E-state index contributed by atoms with van der Waals surface area (Å²) in [6, 6.07) is 0.364. The SMILES string of the molecule is COC1CCC(Nc2ncc(C(N)=O)c(C[C@H](C)C3CCC3)n2)CC1. The molecule has 0 radical (unpaired) electrons. The van der Waals surface area contributed by atoms with Crippen molar-refractivity contribution in [2.75, 3.05) is 12.4 Å². The van der Waals surface area contributed by atoms with Crippen molar-refractivity contribution in [1.29, 1.82) is 0 Å². The number of carbonyl (C=O) groups is 1. The Balaban J connectivity index is 1.68. The number of nitrogens with one attached hydrogen (secondary N) is 1. The third-order valence-corrected chi connectivity index (χ3v) is 5.94. The van der Waals surface area contributed by atoms with E-state index in [0.29, 0.717) is 29.6 Å². The number of amides is 1. The Kier molecular flexibility index (Phi) is 5.89. The Morgan fingerprint density at radius 3 is 2.60 bits per heavy atom. The fraction of sp³-hybridized carbons (Fsp3) is 0.737. The molecule has 0 bridgehead atoms. The second-order valence-corrected chi connectivity index (χ2v) is 7.64. The third-order valence-electron chi connectivity index (χ3n) is 5.94. The number of aromatic nitrogens is 2. The highest BCUT2D eigenvalue weighted by Crippen LogP contribution is 2.35. The molecule has 2 aliphatic rings. The number of nitrogens with two attached hydrogens (primary N) is 1. The molecule has 0 aromatic carbocycles. The molecular formula is C19H30N4O2. The number of carbonyl (C=O) groups excluding carboxylic acids is 1. The summed E-state index contributed by atoms with van der Waals surface area (Å²) in [6.45, 7) is 2.25. The molecule has 3 N–H and O–H groups in total. The van der Waals surface area contributed by atoms with Crippen molar-refractivity contribution in [2.45, 2.75) is 70.4 Å². The van der Waals surface area contributed by atoms with Crippen molar-refractivity contribution in [2.24, 2.45) is 17.6 Å². The van der Waals surface area contributed by atoms with Gasteiger partial charge in [-0.1, -0.05) is 26.2 Å². The van der Waals surface area contributed by atoms with E-state index in [2.05, 4.69) is 22.2 Å². The molecule has 1 heterocycles. The number of ether oxygens (including phenoxy) is 1. The lowest BCUT2D eigenvalue weighted by Gasteiger charge is -2.31. The maximum atomic E-state index is 11.7. The van der Waals surface area contributed by atoms with Crippen LogP contribution in [0, 0.1) is 11.8 Å². The van der Waals surface area contributed by atoms with Crippen molar-refractivity contribution in [3.05, 3.63) is 17.5 Å². The number of hydrogen-bond acceptors (Lipinski definition) is 5. The van der Waals surface area contributed by atoms with Gasteiger partial charge >= 0.3 is 0 Å². The predicted octanol–water partition coefficient (Wildman–Crippen LogP) is 2.92. The number of hydrogen-bond donors (Lipinski definition) is 2. The lowest BCUT2D eigenvalue weighted by molar-refractivity contribution is 0.0681. The van der Waals surface area contributed by atoms with Gasteiger partial charge < -0.3 is 15.8 Å². The maximum absolute atomic E-state index is 11.7. The van der Waals surface area contributed by atoms with E-state index in [9.17, 15) is 4.79 Å². The van der Waals surface area contributed by atoms with E-state index in [1.54, 1.807) is 13.3 Å². The third kappa shape index (κ3) is 4.48. The number of rotatable bonds is 7. The maximum Gasteiger partial charge on any atom is 0.252 e. The molecule has 1 atom stereocenters. The zero-order valence-corrected chi connectivity index (χ0v) is 15.3. The Morgan fingerprint density at radius 1 is 1.32 bits per heavy atom. The summed E-state index contributed by atoms with van der Waals surface area (Å²) < 4.78 is 5.42. The van der Waals surface area contributed by atoms with E-state index in [1.807, 2.05) is 0 Å². The molecule has 3 rings (SSSR count). The Bertz CT molecular complexity index is 595. The minimum atomic E-state index is -0.442. The summed E-state index contributed by atoms with van der Waals surface area (Å²) in [5, 5.41) is 3.43. The van der Waals surface area contributed by atoms with Crippen LogP contribution < -0.4 is 11.1 Å². The van der Waals surface area contributed by atoms with Crippen molar-refractivity contribution in [3.8, 4) is 0 Å². The molecular weight excluding hydrogens is 316 g/mol. The minimum Gasteiger partial charge on any atom is -0.381 e. The van der Waals surface area contributed by atoms with Gasteiger partial charge in [-0.3, -0.25) is 4.79 Å². The Morgan fingerprint density at radius 2 is 2.04 bits per heavy atom. The molecule has 2 aliphatic carbocycles. The average Bonchev–Trinajstić information content (AvgIpc) is 2.54. The first-order valence-electron chi connectivity index (χ1n) is 9.52. The zero-order chi connectivity index (χ0) is 17.8. The molecule has 138 valence electrons. The predicted molar refractivity (Wildman–Crippen MR) is 97.4 cm³/mol. The summed E-state index contributed by atoms with van der Waals surface area (Å²) in [4.78, 5) is 20.7. The van der Waals surface area contributed by atoms with Crippen LogP contribution in [0.1, 0.15) is 67.9 Å². The Hall–Kier alpha value is -1.69. The van der Waals surface area contributed by atoms with Gasteiger partial charge in [-0.2, -0.15) is 0 Å². The van der Waals surface area contributed by atoms with Crippen LogP contribution in [-0.2, 0) is 11.2 Å². The van der Waals surface area contributed by atoms with Crippen LogP contribution in [0.25, 0.3) is 0 Å². The van der Waals surface area contributed by atoms with Gasteiger partial charge in [-0.15, -0.1) is 0 Å². The van der Waals surface area contributed by atoms with E-state index >= 15 is 0 Å². The average molecular weight is 346 g/mol. The molecule has 0 aliphatic heterocycles. The first kappa shape index (κ1) is 18.1. The lowest BCUT2D eigenvalue weighted by Crippen LogP contribution is -2.30. The van der Waals surface area contributed by atoms with Crippen molar-refractivity contribution >= 4 is 11.9 Å². The second-order valence-electron chi connectivity index (χ2n) is 7.64. The fourth-order valence-electron chi connectivity index (χ4n) is 3.95. The van der Waals surface area contributed by atoms with Crippen LogP contribution in [0.2, 0.25) is 0 Å². The lowest BCUT2D eigenvalue weighted by atomic mass is 9.75. The van der Waals surface area contributed by atoms with E-state index < -0.39 is 5.91 Å². The first-order valence-corrected chi connectivity index (χ1v) is 9.52. The highest BCUT2D eigenvalue weighted by Gasteiger charge is 2.26. The van der Waals surface area contributed by atoms with Gasteiger partial charge in [0.15, 0.2) is 0 Å². The van der Waals surface area contributed by atoms with Crippen LogP contribution in [-0.4, -0.2) is 35.1 Å². The van der Waals surface area contributed by atoms with Gasteiger partial charge in [-0.25, -0.2) is 9.97 Å². The molecule has 0 unspecified atom stereocenters. The van der Waals surface area contributed by atoms with Crippen LogP contribution in [0.15, 0.2) is 6.20 Å². The fourth-order valence-corrected chi connectivity index (χ4v) is 3.95. The van der Waals surface area contributed by atoms with Crippen molar-refractivity contribution in [3.63, 3.8) is 0 Å². The first-order chi connectivity index (χ1) is 12.1. The summed E-state index contributed by atoms with van der Waals surface area (Å²) in [5.74, 6) is 1.44. The normalized spacial score (nSPS) is 25.2. The van der Waals surface area contributed by atoms with E-state index in [0.717, 1.165) is 43.7 Å². The number of primary amides is 1. The van der Waals surface area contributed by atoms with Gasteiger partial charge in [0.2, 0.25) is 5.95 Å². The van der Waals surface area contributed by atoms with Crippen LogP contribution in [0.5, 0.6) is 0 Å². The van der Waals surface area contributed by atoms with Gasteiger partial charge in [0.05, 0.1) is 17.4 Å². The van der Waals surface area contributed by atoms with Gasteiger partial charge in [0, 0.05) is 19.3 Å². The molecule has 2 saturated carbocycles. The quantitative estimate of drug-likeness (QED) is 0.792. The van der Waals surface area contributed by atoms with Gasteiger partial charge in [-0.05, 0) is 43.9 Å². The molecule has 25 heavy (non-hydrogen) atoms. The molecule has 0 saturated heterocycles. The highest BCUT2D eigenvalue weighted by molar-refractivity contribution is 5.93. The molecule has 1 aromatic rings. The highest BCUT2D eigenvalue weighted by atomic mass is 16.5. The van der Waals surface area contributed by atoms with Gasteiger partial charge in [0.1, 0.15) is 0 Å². The van der Waals surface area contributed by atoms with Crippen LogP contribution in [0.4, 0.5) is 5.95 Å². The molecule has 2 fully saturated rings. The largest absolute Gasteiger partial charge is 0.381 e. The summed E-state index contributed by atoms with van der Waals surface area (Å²) in [6.07, 6.45) is 10.8. The van der Waals surface area contributed by atoms with Crippen molar-refractivity contribution in [1.82, 2.24) is 9.97 Å². The van der Waals surface area contributed by atoms with E-state index in [-0.39, 0.29) is 0 Å². The monoisotopic (exact) mass is 346 g/mol. The Labute approximate surface area is 149 Å². The van der Waals surface area contributed by atoms with E-state index in [1.165, 1.54) is 19.3 Å². The standard InChI is InChI=1S/C19H30N4O2/c1-12(13-4-3-5-13)10-17-16(18(20)24)11-21-19(23-17)22-14-6-8-15(25-2)9-7-14/h11-15H,3-10H2,1-2H3,(H2,20,24)(H,21,22,23)/t12-,14?,15?/m0/s1. The summed E-state index contributed by atoms with van der Waals surface area (Å²) in [7, 11) is 1.78. The minimum absolute atomic E-state index is 0.364. The molecule has 6 heteroatoms. The van der Waals surface area contributed by atoms with Crippen LogP contribution >= 0.6 is 0 Å². The number of nitrogens with zero attached hydrogens (tertiary/aromatic N) is 2. The zero-order valence-electron chi connectivity index (χ0n) is 15.3. The second kappa shape index (κ2) is 8.13. The molecule has 1 aromatic heterocycles. The molecule has 6 nitrogen and oxygen atoms in total. The number of methoxy groups -OCH3 is 1. The van der Waals surface area contributed by atoms with E-state index in [4.69, 9.17) is 10.5 Å². The summed E-state index contributed by atoms with van der Waals surface area (Å²) in [5.41, 5.74) is 6.77. The smallest absolute Gasteiger partial charge is 0.252 e. The van der Waals surface area contributed by atoms with Gasteiger partial charge in [0.25, 0.3) is 5.91 Å². The number of anilines is 1. The summed E-state index contributed by atoms with van der Waals surface area (Å²) >= 11 is 0. The molecule has 1 amide bonds.